The fraction of sp³-hybridized carbons (Fsp3) is 0.455. The normalized spacial score (nSPS) is 10.9. The van der Waals surface area contributed by atoms with Gasteiger partial charge in [0.05, 0.1) is 12.2 Å². The van der Waals surface area contributed by atoms with E-state index in [1.807, 2.05) is 20.9 Å². The summed E-state index contributed by atoms with van der Waals surface area (Å²) < 4.78 is 3.22. The average molecular weight is 264 g/mol. The number of aromatic nitrogens is 5. The molecule has 8 nitrogen and oxygen atoms in total. The number of aryl methyl sites for hydroxylation is 2. The summed E-state index contributed by atoms with van der Waals surface area (Å²) in [6.45, 7) is 4.46. The summed E-state index contributed by atoms with van der Waals surface area (Å²) in [5.74, 6) is -1.11. The highest BCUT2D eigenvalue weighted by Gasteiger charge is 2.25. The molecule has 2 aromatic rings. The van der Waals surface area contributed by atoms with Crippen molar-refractivity contribution >= 4 is 5.97 Å². The van der Waals surface area contributed by atoms with E-state index in [-0.39, 0.29) is 5.69 Å². The number of carboxylic acid groups (broad SMARTS) is 1. The van der Waals surface area contributed by atoms with Gasteiger partial charge in [-0.2, -0.15) is 5.10 Å². The molecule has 2 aromatic heterocycles. The predicted molar refractivity (Wildman–Crippen MR) is 67.7 cm³/mol. The summed E-state index contributed by atoms with van der Waals surface area (Å²) >= 11 is 0. The van der Waals surface area contributed by atoms with E-state index in [0.29, 0.717) is 18.8 Å². The molecule has 8 heteroatoms. The Bertz CT molecular complexity index is 627. The molecule has 102 valence electrons. The second-order valence-corrected chi connectivity index (χ2v) is 4.27. The van der Waals surface area contributed by atoms with Crippen LogP contribution in [0.5, 0.6) is 0 Å². The first kappa shape index (κ1) is 13.2. The van der Waals surface area contributed by atoms with Gasteiger partial charge in [0.15, 0.2) is 5.69 Å². The summed E-state index contributed by atoms with van der Waals surface area (Å²) in [6.07, 6.45) is 0. The van der Waals surface area contributed by atoms with Gasteiger partial charge in [0.1, 0.15) is 5.69 Å². The number of rotatable bonds is 4. The van der Waals surface area contributed by atoms with E-state index in [1.165, 1.54) is 4.68 Å². The Kier molecular flexibility index (Phi) is 3.34. The van der Waals surface area contributed by atoms with Crippen molar-refractivity contribution in [1.82, 2.24) is 24.8 Å². The number of nitrogens with two attached hydrogens (primary N) is 1. The fourth-order valence-electron chi connectivity index (χ4n) is 2.10. The topological polar surface area (TPSA) is 112 Å². The Hall–Kier alpha value is -2.22. The highest BCUT2D eigenvalue weighted by atomic mass is 16.4. The highest BCUT2D eigenvalue weighted by molar-refractivity contribution is 5.93. The van der Waals surface area contributed by atoms with Crippen LogP contribution in [-0.4, -0.2) is 42.4 Å². The van der Waals surface area contributed by atoms with Gasteiger partial charge in [0.25, 0.3) is 0 Å². The van der Waals surface area contributed by atoms with Crippen LogP contribution in [0.1, 0.15) is 21.9 Å². The molecule has 19 heavy (non-hydrogen) atoms. The van der Waals surface area contributed by atoms with Crippen LogP contribution >= 0.6 is 0 Å². The van der Waals surface area contributed by atoms with Crippen LogP contribution in [0.2, 0.25) is 0 Å². The van der Waals surface area contributed by atoms with Gasteiger partial charge >= 0.3 is 5.97 Å². The van der Waals surface area contributed by atoms with Crippen molar-refractivity contribution in [3.05, 3.63) is 17.1 Å². The van der Waals surface area contributed by atoms with Crippen molar-refractivity contribution in [3.8, 4) is 11.3 Å². The molecule has 0 aliphatic rings. The zero-order chi connectivity index (χ0) is 14.2. The molecule has 2 rings (SSSR count). The Morgan fingerprint density at radius 1 is 1.42 bits per heavy atom. The molecular weight excluding hydrogens is 248 g/mol. The molecule has 0 fully saturated rings. The molecule has 0 spiro atoms. The molecule has 0 aliphatic heterocycles. The monoisotopic (exact) mass is 264 g/mol. The number of nitrogens with zero attached hydrogens (tertiary/aromatic N) is 5. The predicted octanol–water partition coefficient (Wildman–Crippen LogP) is -0.0477. The minimum absolute atomic E-state index is 0.0762. The summed E-state index contributed by atoms with van der Waals surface area (Å²) in [5, 5.41) is 21.1. The molecule has 3 N–H and O–H groups in total. The molecule has 0 unspecified atom stereocenters. The first-order chi connectivity index (χ1) is 8.97. The highest BCUT2D eigenvalue weighted by Crippen LogP contribution is 2.28. The van der Waals surface area contributed by atoms with Crippen molar-refractivity contribution in [2.45, 2.75) is 20.4 Å². The van der Waals surface area contributed by atoms with Gasteiger partial charge in [-0.05, 0) is 13.8 Å². The van der Waals surface area contributed by atoms with Crippen LogP contribution in [0, 0.1) is 13.8 Å². The Morgan fingerprint density at radius 3 is 2.58 bits per heavy atom. The maximum absolute atomic E-state index is 11.3. The minimum atomic E-state index is -1.11. The molecule has 0 aliphatic carbocycles. The maximum Gasteiger partial charge on any atom is 0.358 e. The lowest BCUT2D eigenvalue weighted by atomic mass is 10.1. The summed E-state index contributed by atoms with van der Waals surface area (Å²) in [5.41, 5.74) is 8.25. The number of hydrogen-bond acceptors (Lipinski definition) is 5. The third kappa shape index (κ3) is 2.10. The molecule has 0 amide bonds. The van der Waals surface area contributed by atoms with E-state index in [2.05, 4.69) is 15.4 Å². The second-order valence-electron chi connectivity index (χ2n) is 4.27. The molecule has 0 saturated heterocycles. The lowest BCUT2D eigenvalue weighted by molar-refractivity contribution is 0.0691. The molecular formula is C11H16N6O2. The molecule has 0 aromatic carbocycles. The van der Waals surface area contributed by atoms with Gasteiger partial charge in [-0.25, -0.2) is 9.48 Å². The number of aromatic carboxylic acids is 1. The first-order valence-corrected chi connectivity index (χ1v) is 5.84. The van der Waals surface area contributed by atoms with Crippen molar-refractivity contribution in [3.63, 3.8) is 0 Å². The number of carbonyl (C=O) groups is 1. The molecule has 0 bridgehead atoms. The van der Waals surface area contributed by atoms with Gasteiger partial charge in [0.2, 0.25) is 0 Å². The van der Waals surface area contributed by atoms with Gasteiger partial charge < -0.3 is 10.8 Å². The van der Waals surface area contributed by atoms with Crippen LogP contribution in [0.4, 0.5) is 0 Å². The maximum atomic E-state index is 11.3. The first-order valence-electron chi connectivity index (χ1n) is 5.84. The van der Waals surface area contributed by atoms with Crippen LogP contribution < -0.4 is 5.73 Å². The summed E-state index contributed by atoms with van der Waals surface area (Å²) in [6, 6.07) is 0. The van der Waals surface area contributed by atoms with Crippen molar-refractivity contribution in [1.29, 1.82) is 0 Å². The van der Waals surface area contributed by atoms with Crippen molar-refractivity contribution in [2.75, 3.05) is 6.54 Å². The third-order valence-corrected chi connectivity index (χ3v) is 3.02. The molecule has 0 atom stereocenters. The van der Waals surface area contributed by atoms with Gasteiger partial charge in [-0.3, -0.25) is 4.68 Å². The quantitative estimate of drug-likeness (QED) is 0.800. The van der Waals surface area contributed by atoms with E-state index in [1.54, 1.807) is 4.68 Å². The lowest BCUT2D eigenvalue weighted by Gasteiger charge is -2.06. The van der Waals surface area contributed by atoms with Crippen LogP contribution in [0.25, 0.3) is 11.3 Å². The zero-order valence-electron chi connectivity index (χ0n) is 11.1. The van der Waals surface area contributed by atoms with E-state index in [9.17, 15) is 9.90 Å². The zero-order valence-corrected chi connectivity index (χ0v) is 11.1. The summed E-state index contributed by atoms with van der Waals surface area (Å²) in [7, 11) is 1.81. The number of hydrogen-bond donors (Lipinski definition) is 2. The van der Waals surface area contributed by atoms with Crippen LogP contribution in [0.15, 0.2) is 0 Å². The SMILES string of the molecule is Cc1nn(C)c(C)c1-c1c(C(=O)O)nnn1CCN. The Balaban J connectivity index is 2.71. The van der Waals surface area contributed by atoms with E-state index < -0.39 is 5.97 Å². The van der Waals surface area contributed by atoms with E-state index in [0.717, 1.165) is 17.0 Å². The van der Waals surface area contributed by atoms with Crippen LogP contribution in [-0.2, 0) is 13.6 Å². The van der Waals surface area contributed by atoms with Gasteiger partial charge in [-0.15, -0.1) is 5.10 Å². The second kappa shape index (κ2) is 4.81. The smallest absolute Gasteiger partial charge is 0.358 e. The van der Waals surface area contributed by atoms with Crippen LogP contribution in [0.3, 0.4) is 0 Å². The molecule has 0 saturated carbocycles. The van der Waals surface area contributed by atoms with Gasteiger partial charge in [0, 0.05) is 24.8 Å². The van der Waals surface area contributed by atoms with Crippen molar-refractivity contribution in [2.24, 2.45) is 12.8 Å². The minimum Gasteiger partial charge on any atom is -0.476 e. The average Bonchev–Trinajstić information content (AvgIpc) is 2.83. The standard InChI is InChI=1S/C11H16N6O2/c1-6-8(7(2)16(3)14-6)10-9(11(18)19)13-15-17(10)5-4-12/h4-5,12H2,1-3H3,(H,18,19). The van der Waals surface area contributed by atoms with Gasteiger partial charge in [-0.1, -0.05) is 5.21 Å². The number of carboxylic acids is 1. The summed E-state index contributed by atoms with van der Waals surface area (Å²) in [4.78, 5) is 11.3. The van der Waals surface area contributed by atoms with E-state index >= 15 is 0 Å². The lowest BCUT2D eigenvalue weighted by Crippen LogP contribution is -2.13. The molecule has 2 heterocycles. The third-order valence-electron chi connectivity index (χ3n) is 3.02. The largest absolute Gasteiger partial charge is 0.476 e. The Labute approximate surface area is 109 Å². The van der Waals surface area contributed by atoms with Crippen molar-refractivity contribution < 1.29 is 9.90 Å². The molecule has 0 radical (unpaired) electrons. The fourth-order valence-corrected chi connectivity index (χ4v) is 2.10. The Morgan fingerprint density at radius 2 is 2.11 bits per heavy atom. The van der Waals surface area contributed by atoms with E-state index in [4.69, 9.17) is 5.73 Å².